The van der Waals surface area contributed by atoms with Crippen LogP contribution in [0.1, 0.15) is 18.1 Å². The minimum absolute atomic E-state index is 0.0285. The Morgan fingerprint density at radius 2 is 2.07 bits per heavy atom. The molecule has 1 rings (SSSR count). The number of aryl methyl sites for hydroxylation is 1. The normalized spacial score (nSPS) is 12.2. The first-order valence-corrected chi connectivity index (χ1v) is 5.14. The van der Waals surface area contributed by atoms with Crippen molar-refractivity contribution in [3.8, 4) is 0 Å². The third-order valence-electron chi connectivity index (χ3n) is 2.54. The predicted octanol–water partition coefficient (Wildman–Crippen LogP) is 1.22. The minimum atomic E-state index is -0.144. The fraction of sp³-hybridized carbons (Fsp3) is 0.417. The number of nitrogens with one attached hydrogen (secondary N) is 2. The van der Waals surface area contributed by atoms with Crippen LogP contribution in [0.2, 0.25) is 0 Å². The number of rotatable bonds is 4. The van der Waals surface area contributed by atoms with Crippen LogP contribution in [0.4, 0.5) is 0 Å². The molecule has 2 N–H and O–H groups in total. The molecule has 1 unspecified atom stereocenters. The number of carbonyl (C=O) groups is 1. The van der Waals surface area contributed by atoms with Crippen LogP contribution in [0.3, 0.4) is 0 Å². The molecule has 0 saturated heterocycles. The van der Waals surface area contributed by atoms with Crippen LogP contribution in [-0.2, 0) is 11.3 Å². The summed E-state index contributed by atoms with van der Waals surface area (Å²) in [6.45, 7) is 4.48. The second kappa shape index (κ2) is 5.51. The second-order valence-corrected chi connectivity index (χ2v) is 3.65. The number of benzene rings is 1. The minimum Gasteiger partial charge on any atom is -0.351 e. The van der Waals surface area contributed by atoms with Gasteiger partial charge in [0.25, 0.3) is 0 Å². The molecule has 0 aliphatic carbocycles. The summed E-state index contributed by atoms with van der Waals surface area (Å²) in [7, 11) is 1.78. The lowest BCUT2D eigenvalue weighted by Crippen LogP contribution is -2.40. The zero-order valence-electron chi connectivity index (χ0n) is 9.50. The highest BCUT2D eigenvalue weighted by Crippen LogP contribution is 2.05. The number of likely N-dealkylation sites (N-methyl/N-ethyl adjacent to an activating group) is 1. The van der Waals surface area contributed by atoms with Crippen molar-refractivity contribution < 1.29 is 4.79 Å². The van der Waals surface area contributed by atoms with Gasteiger partial charge in [-0.2, -0.15) is 0 Å². The molecule has 0 heterocycles. The van der Waals surface area contributed by atoms with E-state index in [-0.39, 0.29) is 11.9 Å². The van der Waals surface area contributed by atoms with Gasteiger partial charge >= 0.3 is 0 Å². The van der Waals surface area contributed by atoms with Crippen LogP contribution in [0.5, 0.6) is 0 Å². The highest BCUT2D eigenvalue weighted by molar-refractivity contribution is 5.81. The van der Waals surface area contributed by atoms with E-state index in [1.165, 1.54) is 5.56 Å². The molecule has 3 heteroatoms. The van der Waals surface area contributed by atoms with E-state index in [0.29, 0.717) is 6.54 Å². The Morgan fingerprint density at radius 1 is 1.40 bits per heavy atom. The van der Waals surface area contributed by atoms with E-state index >= 15 is 0 Å². The molecule has 1 atom stereocenters. The van der Waals surface area contributed by atoms with Gasteiger partial charge in [-0.1, -0.05) is 24.3 Å². The molecule has 3 nitrogen and oxygen atoms in total. The van der Waals surface area contributed by atoms with Crippen molar-refractivity contribution in [2.75, 3.05) is 7.05 Å². The van der Waals surface area contributed by atoms with Crippen molar-refractivity contribution in [3.63, 3.8) is 0 Å². The molecule has 0 aliphatic heterocycles. The Hall–Kier alpha value is -1.35. The molecular weight excluding hydrogens is 188 g/mol. The van der Waals surface area contributed by atoms with Crippen molar-refractivity contribution in [3.05, 3.63) is 35.4 Å². The maximum atomic E-state index is 11.5. The largest absolute Gasteiger partial charge is 0.351 e. The van der Waals surface area contributed by atoms with Gasteiger partial charge in [-0.3, -0.25) is 4.79 Å². The zero-order chi connectivity index (χ0) is 11.3. The number of hydrogen-bond acceptors (Lipinski definition) is 2. The van der Waals surface area contributed by atoms with Gasteiger partial charge in [0.1, 0.15) is 0 Å². The van der Waals surface area contributed by atoms with Crippen LogP contribution >= 0.6 is 0 Å². The van der Waals surface area contributed by atoms with Gasteiger partial charge < -0.3 is 10.6 Å². The summed E-state index contributed by atoms with van der Waals surface area (Å²) in [5.41, 5.74) is 2.36. The highest BCUT2D eigenvalue weighted by atomic mass is 16.2. The Kier molecular flexibility index (Phi) is 4.31. The van der Waals surface area contributed by atoms with E-state index in [4.69, 9.17) is 0 Å². The van der Waals surface area contributed by atoms with E-state index in [1.807, 2.05) is 38.1 Å². The summed E-state index contributed by atoms with van der Waals surface area (Å²) in [4.78, 5) is 11.5. The summed E-state index contributed by atoms with van der Waals surface area (Å²) >= 11 is 0. The van der Waals surface area contributed by atoms with E-state index in [2.05, 4.69) is 10.6 Å². The van der Waals surface area contributed by atoms with Crippen LogP contribution in [-0.4, -0.2) is 19.0 Å². The summed E-state index contributed by atoms with van der Waals surface area (Å²) in [5.74, 6) is 0.0285. The van der Waals surface area contributed by atoms with Gasteiger partial charge in [-0.25, -0.2) is 0 Å². The molecule has 82 valence electrons. The number of hydrogen-bond donors (Lipinski definition) is 2. The lowest BCUT2D eigenvalue weighted by atomic mass is 10.1. The Bertz CT molecular complexity index is 336. The molecular formula is C12H18N2O. The molecule has 15 heavy (non-hydrogen) atoms. The molecule has 1 amide bonds. The topological polar surface area (TPSA) is 41.1 Å². The molecule has 0 fully saturated rings. The average molecular weight is 206 g/mol. The number of amides is 1. The van der Waals surface area contributed by atoms with Crippen molar-refractivity contribution in [1.82, 2.24) is 10.6 Å². The van der Waals surface area contributed by atoms with Gasteiger partial charge in [-0.05, 0) is 32.0 Å². The smallest absolute Gasteiger partial charge is 0.237 e. The summed E-state index contributed by atoms with van der Waals surface area (Å²) in [5, 5.41) is 5.79. The van der Waals surface area contributed by atoms with Crippen molar-refractivity contribution in [1.29, 1.82) is 0 Å². The highest BCUT2D eigenvalue weighted by Gasteiger charge is 2.09. The van der Waals surface area contributed by atoms with E-state index in [0.717, 1.165) is 5.56 Å². The molecule has 0 spiro atoms. The lowest BCUT2D eigenvalue weighted by molar-refractivity contribution is -0.122. The molecule has 0 aromatic heterocycles. The van der Waals surface area contributed by atoms with E-state index in [1.54, 1.807) is 7.05 Å². The Morgan fingerprint density at radius 3 is 2.67 bits per heavy atom. The summed E-state index contributed by atoms with van der Waals surface area (Å²) in [6.07, 6.45) is 0. The van der Waals surface area contributed by atoms with Gasteiger partial charge in [-0.15, -0.1) is 0 Å². The van der Waals surface area contributed by atoms with Crippen LogP contribution in [0.15, 0.2) is 24.3 Å². The fourth-order valence-corrected chi connectivity index (χ4v) is 1.27. The van der Waals surface area contributed by atoms with Crippen LogP contribution in [0, 0.1) is 6.92 Å². The Balaban J connectivity index is 2.51. The molecule has 1 aromatic rings. The first-order valence-electron chi connectivity index (χ1n) is 5.14. The van der Waals surface area contributed by atoms with Gasteiger partial charge in [0.05, 0.1) is 6.04 Å². The van der Waals surface area contributed by atoms with Crippen LogP contribution in [0.25, 0.3) is 0 Å². The monoisotopic (exact) mass is 206 g/mol. The predicted molar refractivity (Wildman–Crippen MR) is 61.5 cm³/mol. The van der Waals surface area contributed by atoms with Gasteiger partial charge in [0.15, 0.2) is 0 Å². The third kappa shape index (κ3) is 3.36. The van der Waals surface area contributed by atoms with Crippen molar-refractivity contribution in [2.24, 2.45) is 0 Å². The zero-order valence-corrected chi connectivity index (χ0v) is 9.50. The standard InChI is InChI=1S/C12H18N2O/c1-9-6-4-5-7-11(9)8-14-12(15)10(2)13-3/h4-7,10,13H,8H2,1-3H3,(H,14,15). The third-order valence-corrected chi connectivity index (χ3v) is 2.54. The second-order valence-electron chi connectivity index (χ2n) is 3.65. The Labute approximate surface area is 90.9 Å². The fourth-order valence-electron chi connectivity index (χ4n) is 1.27. The maximum Gasteiger partial charge on any atom is 0.237 e. The quantitative estimate of drug-likeness (QED) is 0.777. The SMILES string of the molecule is CNC(C)C(=O)NCc1ccccc1C. The first kappa shape index (κ1) is 11.7. The molecule has 0 aliphatic rings. The molecule has 0 saturated carbocycles. The maximum absolute atomic E-state index is 11.5. The summed E-state index contributed by atoms with van der Waals surface area (Å²) in [6, 6.07) is 7.91. The van der Waals surface area contributed by atoms with Crippen LogP contribution < -0.4 is 10.6 Å². The first-order chi connectivity index (χ1) is 7.15. The molecule has 1 aromatic carbocycles. The van der Waals surface area contributed by atoms with E-state index < -0.39 is 0 Å². The van der Waals surface area contributed by atoms with E-state index in [9.17, 15) is 4.79 Å². The average Bonchev–Trinajstić information content (AvgIpc) is 2.26. The number of carbonyl (C=O) groups excluding carboxylic acids is 1. The van der Waals surface area contributed by atoms with Gasteiger partial charge in [0.2, 0.25) is 5.91 Å². The molecule has 0 bridgehead atoms. The lowest BCUT2D eigenvalue weighted by Gasteiger charge is -2.12. The van der Waals surface area contributed by atoms with Crippen molar-refractivity contribution in [2.45, 2.75) is 26.4 Å². The summed E-state index contributed by atoms with van der Waals surface area (Å²) < 4.78 is 0. The molecule has 0 radical (unpaired) electrons. The van der Waals surface area contributed by atoms with Crippen molar-refractivity contribution >= 4 is 5.91 Å². The van der Waals surface area contributed by atoms with Gasteiger partial charge in [0, 0.05) is 6.54 Å².